The molecule has 142 valence electrons. The molecule has 0 spiro atoms. The molecule has 0 atom stereocenters. The molecule has 0 unspecified atom stereocenters. The molecule has 0 radical (unpaired) electrons. The second-order valence-electron chi connectivity index (χ2n) is 6.63. The minimum Gasteiger partial charge on any atom is -0.465 e. The first kappa shape index (κ1) is 18.0. The molecule has 4 rings (SSSR count). The van der Waals surface area contributed by atoms with Gasteiger partial charge in [0.1, 0.15) is 6.26 Å². The molecule has 1 aromatic heterocycles. The van der Waals surface area contributed by atoms with E-state index in [-0.39, 0.29) is 18.3 Å². The van der Waals surface area contributed by atoms with Gasteiger partial charge in [-0.05, 0) is 42.7 Å². The number of esters is 1. The molecule has 3 aromatic rings. The van der Waals surface area contributed by atoms with E-state index >= 15 is 0 Å². The van der Waals surface area contributed by atoms with Crippen molar-refractivity contribution >= 4 is 17.6 Å². The maximum Gasteiger partial charge on any atom is 0.338 e. The number of aromatic nitrogens is 1. The average Bonchev–Trinajstić information content (AvgIpc) is 3.21. The molecular formula is C22H20N2O4. The van der Waals surface area contributed by atoms with Gasteiger partial charge in [-0.2, -0.15) is 0 Å². The number of nitrogens with zero attached hydrogens (tertiary/aromatic N) is 2. The molecule has 0 N–H and O–H groups in total. The topological polar surface area (TPSA) is 72.6 Å². The van der Waals surface area contributed by atoms with Crippen molar-refractivity contribution in [3.05, 3.63) is 71.6 Å². The Hall–Kier alpha value is -3.41. The number of carbonyl (C=O) groups is 2. The van der Waals surface area contributed by atoms with Crippen molar-refractivity contribution in [1.82, 2.24) is 4.98 Å². The van der Waals surface area contributed by atoms with Crippen LogP contribution in [0.15, 0.2) is 59.2 Å². The van der Waals surface area contributed by atoms with Gasteiger partial charge in [-0.3, -0.25) is 4.79 Å². The number of methoxy groups -OCH3 is 1. The van der Waals surface area contributed by atoms with Gasteiger partial charge < -0.3 is 14.1 Å². The lowest BCUT2D eigenvalue weighted by Crippen LogP contribution is -2.37. The monoisotopic (exact) mass is 376 g/mol. The summed E-state index contributed by atoms with van der Waals surface area (Å²) in [5.41, 5.74) is 3.60. The number of hydrogen-bond donors (Lipinski definition) is 0. The molecule has 1 amide bonds. The lowest BCUT2D eigenvalue weighted by atomic mass is 9.96. The molecule has 0 bridgehead atoms. The van der Waals surface area contributed by atoms with Crippen LogP contribution in [0.5, 0.6) is 0 Å². The van der Waals surface area contributed by atoms with Crippen molar-refractivity contribution < 1.29 is 18.7 Å². The van der Waals surface area contributed by atoms with Gasteiger partial charge in [0.15, 0.2) is 0 Å². The number of hydrogen-bond acceptors (Lipinski definition) is 5. The van der Waals surface area contributed by atoms with E-state index in [1.165, 1.54) is 13.4 Å². The van der Waals surface area contributed by atoms with Crippen LogP contribution in [0.4, 0.5) is 5.69 Å². The number of benzene rings is 2. The first-order valence-electron chi connectivity index (χ1n) is 9.18. The first-order chi connectivity index (χ1) is 13.7. The number of rotatable bonds is 4. The third-order valence-corrected chi connectivity index (χ3v) is 4.86. The SMILES string of the molecule is COC(=O)c1cccc2c1CCCN2C(=O)Cc1coc(-c2ccccc2)n1. The van der Waals surface area contributed by atoms with E-state index in [0.717, 1.165) is 29.7 Å². The average molecular weight is 376 g/mol. The van der Waals surface area contributed by atoms with Crippen molar-refractivity contribution in [2.45, 2.75) is 19.3 Å². The van der Waals surface area contributed by atoms with E-state index in [4.69, 9.17) is 9.15 Å². The first-order valence-corrected chi connectivity index (χ1v) is 9.18. The van der Waals surface area contributed by atoms with Gasteiger partial charge in [0.05, 0.1) is 24.8 Å². The molecule has 28 heavy (non-hydrogen) atoms. The summed E-state index contributed by atoms with van der Waals surface area (Å²) in [5, 5.41) is 0. The van der Waals surface area contributed by atoms with Crippen molar-refractivity contribution in [1.29, 1.82) is 0 Å². The minimum absolute atomic E-state index is 0.0733. The van der Waals surface area contributed by atoms with E-state index in [9.17, 15) is 9.59 Å². The molecule has 0 fully saturated rings. The number of ether oxygens (including phenoxy) is 1. The highest BCUT2D eigenvalue weighted by Gasteiger charge is 2.27. The summed E-state index contributed by atoms with van der Waals surface area (Å²) >= 11 is 0. The van der Waals surface area contributed by atoms with Crippen LogP contribution < -0.4 is 4.90 Å². The van der Waals surface area contributed by atoms with Crippen LogP contribution >= 0.6 is 0 Å². The van der Waals surface area contributed by atoms with Crippen LogP contribution in [0.2, 0.25) is 0 Å². The van der Waals surface area contributed by atoms with Crippen molar-refractivity contribution in [3.63, 3.8) is 0 Å². The van der Waals surface area contributed by atoms with Crippen molar-refractivity contribution in [3.8, 4) is 11.5 Å². The summed E-state index contributed by atoms with van der Waals surface area (Å²) in [6.45, 7) is 0.611. The highest BCUT2D eigenvalue weighted by atomic mass is 16.5. The Morgan fingerprint density at radius 3 is 2.75 bits per heavy atom. The Kier molecular flexibility index (Phi) is 4.93. The highest BCUT2D eigenvalue weighted by Crippen LogP contribution is 2.31. The predicted octanol–water partition coefficient (Wildman–Crippen LogP) is 3.65. The standard InChI is InChI=1S/C22H20N2O4/c1-27-22(26)18-9-5-11-19-17(18)10-6-12-24(19)20(25)13-16-14-28-21(23-16)15-7-3-2-4-8-15/h2-5,7-9,11,14H,6,10,12-13H2,1H3. The zero-order valence-corrected chi connectivity index (χ0v) is 15.6. The molecule has 6 heteroatoms. The number of carbonyl (C=O) groups excluding carboxylic acids is 2. The number of anilines is 1. The number of amides is 1. The maximum absolute atomic E-state index is 13.0. The molecule has 2 aromatic carbocycles. The lowest BCUT2D eigenvalue weighted by molar-refractivity contribution is -0.118. The van der Waals surface area contributed by atoms with Gasteiger partial charge in [-0.1, -0.05) is 24.3 Å². The lowest BCUT2D eigenvalue weighted by Gasteiger charge is -2.30. The summed E-state index contributed by atoms with van der Waals surface area (Å²) in [6, 6.07) is 15.0. The van der Waals surface area contributed by atoms with Crippen molar-refractivity contribution in [2.24, 2.45) is 0 Å². The molecule has 1 aliphatic rings. The van der Waals surface area contributed by atoms with E-state index in [2.05, 4.69) is 4.98 Å². The van der Waals surface area contributed by atoms with E-state index in [1.807, 2.05) is 36.4 Å². The second kappa shape index (κ2) is 7.68. The fraction of sp³-hybridized carbons (Fsp3) is 0.227. The van der Waals surface area contributed by atoms with Crippen LogP contribution in [0, 0.1) is 0 Å². The quantitative estimate of drug-likeness (QED) is 0.650. The Bertz CT molecular complexity index is 1010. The Labute approximate surface area is 162 Å². The highest BCUT2D eigenvalue weighted by molar-refractivity contribution is 5.99. The van der Waals surface area contributed by atoms with E-state index in [1.54, 1.807) is 17.0 Å². The molecule has 6 nitrogen and oxygen atoms in total. The summed E-state index contributed by atoms with van der Waals surface area (Å²) in [6.07, 6.45) is 3.20. The Morgan fingerprint density at radius 1 is 1.14 bits per heavy atom. The fourth-order valence-corrected chi connectivity index (χ4v) is 3.54. The fourth-order valence-electron chi connectivity index (χ4n) is 3.54. The zero-order valence-electron chi connectivity index (χ0n) is 15.6. The minimum atomic E-state index is -0.379. The van der Waals surface area contributed by atoms with Crippen LogP contribution in [-0.2, 0) is 22.4 Å². The Morgan fingerprint density at radius 2 is 1.96 bits per heavy atom. The summed E-state index contributed by atoms with van der Waals surface area (Å²) in [7, 11) is 1.36. The van der Waals surface area contributed by atoms with Crippen LogP contribution in [-0.4, -0.2) is 30.5 Å². The van der Waals surface area contributed by atoms with Crippen LogP contribution in [0.25, 0.3) is 11.5 Å². The van der Waals surface area contributed by atoms with Gasteiger partial charge in [-0.25, -0.2) is 9.78 Å². The van der Waals surface area contributed by atoms with Gasteiger partial charge in [-0.15, -0.1) is 0 Å². The smallest absolute Gasteiger partial charge is 0.338 e. The molecular weight excluding hydrogens is 356 g/mol. The Balaban J connectivity index is 1.56. The normalized spacial score (nSPS) is 13.1. The maximum atomic E-state index is 13.0. The molecule has 0 saturated carbocycles. The number of fused-ring (bicyclic) bond motifs is 1. The zero-order chi connectivity index (χ0) is 19.5. The van der Waals surface area contributed by atoms with Gasteiger partial charge in [0.25, 0.3) is 0 Å². The molecule has 0 saturated heterocycles. The predicted molar refractivity (Wildman–Crippen MR) is 104 cm³/mol. The summed E-state index contributed by atoms with van der Waals surface area (Å²) in [4.78, 5) is 31.2. The van der Waals surface area contributed by atoms with E-state index in [0.29, 0.717) is 23.7 Å². The number of oxazole rings is 1. The van der Waals surface area contributed by atoms with Gasteiger partial charge >= 0.3 is 5.97 Å². The summed E-state index contributed by atoms with van der Waals surface area (Å²) in [5.74, 6) is 0.0430. The van der Waals surface area contributed by atoms with Crippen LogP contribution in [0.1, 0.15) is 28.0 Å². The molecule has 2 heterocycles. The third-order valence-electron chi connectivity index (χ3n) is 4.86. The van der Waals surface area contributed by atoms with Gasteiger partial charge in [0, 0.05) is 17.8 Å². The molecule has 0 aliphatic carbocycles. The largest absolute Gasteiger partial charge is 0.465 e. The van der Waals surface area contributed by atoms with E-state index < -0.39 is 0 Å². The van der Waals surface area contributed by atoms with Crippen LogP contribution in [0.3, 0.4) is 0 Å². The summed E-state index contributed by atoms with van der Waals surface area (Å²) < 4.78 is 10.4. The molecule has 1 aliphatic heterocycles. The van der Waals surface area contributed by atoms with Gasteiger partial charge in [0.2, 0.25) is 11.8 Å². The second-order valence-corrected chi connectivity index (χ2v) is 6.63. The van der Waals surface area contributed by atoms with Crippen molar-refractivity contribution in [2.75, 3.05) is 18.6 Å². The third kappa shape index (κ3) is 3.41.